The van der Waals surface area contributed by atoms with Gasteiger partial charge in [0.1, 0.15) is 17.9 Å². The second kappa shape index (κ2) is 11.7. The van der Waals surface area contributed by atoms with Gasteiger partial charge in [0.2, 0.25) is 5.91 Å². The Labute approximate surface area is 185 Å². The van der Waals surface area contributed by atoms with E-state index in [1.54, 1.807) is 17.0 Å². The van der Waals surface area contributed by atoms with Crippen LogP contribution in [0.3, 0.4) is 0 Å². The molecule has 0 saturated carbocycles. The highest BCUT2D eigenvalue weighted by Crippen LogP contribution is 2.19. The minimum Gasteiger partial charge on any atom is -0.494 e. The van der Waals surface area contributed by atoms with E-state index in [-0.39, 0.29) is 24.5 Å². The predicted molar refractivity (Wildman–Crippen MR) is 119 cm³/mol. The molecular weight excluding hydrogens is 394 g/mol. The maximum absolute atomic E-state index is 12.2. The molecule has 2 rings (SSSR count). The van der Waals surface area contributed by atoms with Gasteiger partial charge in [0.25, 0.3) is 0 Å². The second-order valence-electron chi connectivity index (χ2n) is 9.00. The zero-order valence-corrected chi connectivity index (χ0v) is 19.2. The monoisotopic (exact) mass is 429 g/mol. The molecule has 0 radical (unpaired) electrons. The van der Waals surface area contributed by atoms with Crippen molar-refractivity contribution in [2.75, 3.05) is 32.8 Å². The number of carbonyl (C=O) groups excluding carboxylic acids is 2. The van der Waals surface area contributed by atoms with Crippen LogP contribution in [-0.2, 0) is 14.3 Å². The van der Waals surface area contributed by atoms with E-state index in [0.29, 0.717) is 17.9 Å². The molecule has 170 valence electrons. The molecule has 1 aromatic carbocycles. The van der Waals surface area contributed by atoms with E-state index in [1.165, 1.54) is 6.92 Å². The molecule has 1 heterocycles. The summed E-state index contributed by atoms with van der Waals surface area (Å²) in [6.45, 7) is 10.4. The fourth-order valence-corrected chi connectivity index (χ4v) is 3.82. The third-order valence-electron chi connectivity index (χ3n) is 5.21. The highest BCUT2D eigenvalue weighted by Gasteiger charge is 2.28. The van der Waals surface area contributed by atoms with Crippen LogP contribution in [0.5, 0.6) is 5.75 Å². The van der Waals surface area contributed by atoms with Gasteiger partial charge < -0.3 is 19.3 Å². The van der Waals surface area contributed by atoms with Crippen molar-refractivity contribution >= 4 is 11.9 Å². The first-order valence-corrected chi connectivity index (χ1v) is 11.0. The van der Waals surface area contributed by atoms with Gasteiger partial charge in [-0.15, -0.1) is 0 Å². The SMILES string of the molecule is CC(=O)N(CC(=O)OC(C)(C)C)[C@H]1CCCN(CCCOc2cccc(C#N)c2)CC1. The Balaban J connectivity index is 1.78. The molecule has 1 fully saturated rings. The molecule has 7 heteroatoms. The topological polar surface area (TPSA) is 82.9 Å². The first kappa shape index (κ1) is 24.7. The molecule has 0 aliphatic carbocycles. The number of carbonyl (C=O) groups is 2. The number of hydrogen-bond donors (Lipinski definition) is 0. The molecule has 0 spiro atoms. The fourth-order valence-electron chi connectivity index (χ4n) is 3.82. The maximum Gasteiger partial charge on any atom is 0.326 e. The fraction of sp³-hybridized carbons (Fsp3) is 0.625. The van der Waals surface area contributed by atoms with Gasteiger partial charge in [-0.1, -0.05) is 6.07 Å². The molecule has 0 bridgehead atoms. The van der Waals surface area contributed by atoms with E-state index in [1.807, 2.05) is 32.9 Å². The zero-order chi connectivity index (χ0) is 22.9. The smallest absolute Gasteiger partial charge is 0.326 e. The summed E-state index contributed by atoms with van der Waals surface area (Å²) in [6.07, 6.45) is 3.59. The largest absolute Gasteiger partial charge is 0.494 e. The summed E-state index contributed by atoms with van der Waals surface area (Å²) in [5.74, 6) is 0.271. The summed E-state index contributed by atoms with van der Waals surface area (Å²) in [6, 6.07) is 9.36. The van der Waals surface area contributed by atoms with Crippen LogP contribution in [0.4, 0.5) is 0 Å². The molecule has 0 N–H and O–H groups in total. The van der Waals surface area contributed by atoms with E-state index in [0.717, 1.165) is 45.3 Å². The Kier molecular flexibility index (Phi) is 9.32. The average Bonchev–Trinajstić information content (AvgIpc) is 2.93. The van der Waals surface area contributed by atoms with Gasteiger partial charge in [0, 0.05) is 26.1 Å². The molecule has 0 unspecified atom stereocenters. The normalized spacial score (nSPS) is 17.3. The van der Waals surface area contributed by atoms with Gasteiger partial charge in [-0.05, 0) is 71.2 Å². The number of rotatable bonds is 8. The molecule has 1 aromatic rings. The molecular formula is C24H35N3O4. The second-order valence-corrected chi connectivity index (χ2v) is 9.00. The van der Waals surface area contributed by atoms with Crippen molar-refractivity contribution in [3.63, 3.8) is 0 Å². The number of amides is 1. The molecule has 1 aliphatic rings. The summed E-state index contributed by atoms with van der Waals surface area (Å²) in [5.41, 5.74) is 0.0371. The van der Waals surface area contributed by atoms with Gasteiger partial charge >= 0.3 is 5.97 Å². The summed E-state index contributed by atoms with van der Waals surface area (Å²) >= 11 is 0. The molecule has 1 aliphatic heterocycles. The molecule has 1 amide bonds. The number of nitriles is 1. The average molecular weight is 430 g/mol. The third-order valence-corrected chi connectivity index (χ3v) is 5.21. The van der Waals surface area contributed by atoms with Gasteiger partial charge in [0.15, 0.2) is 0 Å². The van der Waals surface area contributed by atoms with Crippen molar-refractivity contribution in [2.24, 2.45) is 0 Å². The number of nitrogens with zero attached hydrogens (tertiary/aromatic N) is 3. The van der Waals surface area contributed by atoms with E-state index in [2.05, 4.69) is 11.0 Å². The van der Waals surface area contributed by atoms with Crippen LogP contribution in [0.15, 0.2) is 24.3 Å². The van der Waals surface area contributed by atoms with E-state index in [9.17, 15) is 9.59 Å². The van der Waals surface area contributed by atoms with Crippen LogP contribution < -0.4 is 4.74 Å². The maximum atomic E-state index is 12.2. The summed E-state index contributed by atoms with van der Waals surface area (Å²) in [5, 5.41) is 8.96. The predicted octanol–water partition coefficient (Wildman–Crippen LogP) is 3.37. The van der Waals surface area contributed by atoms with Crippen LogP contribution in [0.2, 0.25) is 0 Å². The zero-order valence-electron chi connectivity index (χ0n) is 19.2. The number of hydrogen-bond acceptors (Lipinski definition) is 6. The lowest BCUT2D eigenvalue weighted by Crippen LogP contribution is -2.44. The minimum absolute atomic E-state index is 0.00682. The number of esters is 1. The van der Waals surface area contributed by atoms with Gasteiger partial charge in [-0.2, -0.15) is 5.26 Å². The first-order valence-electron chi connectivity index (χ1n) is 11.0. The standard InChI is InChI=1S/C24H35N3O4/c1-19(28)27(18-23(29)31-24(2,3)4)21-9-6-12-26(14-11-21)13-7-15-30-22-10-5-8-20(16-22)17-25/h5,8,10,16,21H,6-7,9,11-15,18H2,1-4H3/t21-/m0/s1. The first-order chi connectivity index (χ1) is 14.7. The van der Waals surface area contributed by atoms with Gasteiger partial charge in [-0.25, -0.2) is 0 Å². The Bertz CT molecular complexity index is 782. The highest BCUT2D eigenvalue weighted by molar-refractivity contribution is 5.81. The Morgan fingerprint density at radius 1 is 1.26 bits per heavy atom. The van der Waals surface area contributed by atoms with Gasteiger partial charge in [0.05, 0.1) is 18.2 Å². The molecule has 1 atom stereocenters. The van der Waals surface area contributed by atoms with E-state index in [4.69, 9.17) is 14.7 Å². The summed E-state index contributed by atoms with van der Waals surface area (Å²) in [4.78, 5) is 28.5. The Hall–Kier alpha value is -2.59. The summed E-state index contributed by atoms with van der Waals surface area (Å²) in [7, 11) is 0. The van der Waals surface area contributed by atoms with Crippen LogP contribution in [0, 0.1) is 11.3 Å². The quantitative estimate of drug-likeness (QED) is 0.465. The molecule has 7 nitrogen and oxygen atoms in total. The number of ether oxygens (including phenoxy) is 2. The molecule has 31 heavy (non-hydrogen) atoms. The van der Waals surface area contributed by atoms with Crippen LogP contribution in [-0.4, -0.2) is 66.1 Å². The van der Waals surface area contributed by atoms with Crippen molar-refractivity contribution in [1.29, 1.82) is 5.26 Å². The van der Waals surface area contributed by atoms with Crippen molar-refractivity contribution in [3.05, 3.63) is 29.8 Å². The minimum atomic E-state index is -0.558. The lowest BCUT2D eigenvalue weighted by Gasteiger charge is -2.31. The molecule has 0 aromatic heterocycles. The van der Waals surface area contributed by atoms with E-state index >= 15 is 0 Å². The Morgan fingerprint density at radius 3 is 2.71 bits per heavy atom. The van der Waals surface area contributed by atoms with Crippen molar-refractivity contribution < 1.29 is 19.1 Å². The number of likely N-dealkylation sites (tertiary alicyclic amines) is 1. The Morgan fingerprint density at radius 2 is 2.03 bits per heavy atom. The van der Waals surface area contributed by atoms with Crippen LogP contribution in [0.1, 0.15) is 58.9 Å². The number of benzene rings is 1. The summed E-state index contributed by atoms with van der Waals surface area (Å²) < 4.78 is 11.2. The van der Waals surface area contributed by atoms with Crippen LogP contribution in [0.25, 0.3) is 0 Å². The van der Waals surface area contributed by atoms with Crippen molar-refractivity contribution in [3.8, 4) is 11.8 Å². The third kappa shape index (κ3) is 8.97. The van der Waals surface area contributed by atoms with Crippen LogP contribution >= 0.6 is 0 Å². The van der Waals surface area contributed by atoms with Gasteiger partial charge in [-0.3, -0.25) is 9.59 Å². The van der Waals surface area contributed by atoms with Crippen molar-refractivity contribution in [2.45, 2.75) is 65.0 Å². The van der Waals surface area contributed by atoms with Crippen molar-refractivity contribution in [1.82, 2.24) is 9.80 Å². The lowest BCUT2D eigenvalue weighted by atomic mass is 10.1. The lowest BCUT2D eigenvalue weighted by molar-refractivity contribution is -0.159. The highest BCUT2D eigenvalue weighted by atomic mass is 16.6. The van der Waals surface area contributed by atoms with E-state index < -0.39 is 5.60 Å². The molecule has 1 saturated heterocycles.